The van der Waals surface area contributed by atoms with Crippen molar-refractivity contribution in [2.45, 2.75) is 142 Å². The molecule has 2 heterocycles. The van der Waals surface area contributed by atoms with Crippen molar-refractivity contribution >= 4 is 33.6 Å². The summed E-state index contributed by atoms with van der Waals surface area (Å²) in [5.41, 5.74) is 2.77. The topological polar surface area (TPSA) is 78.2 Å². The number of carbonyl (C=O) groups is 1. The fourth-order valence-electron chi connectivity index (χ4n) is 5.47. The molecule has 8 nitrogen and oxygen atoms in total. The van der Waals surface area contributed by atoms with Gasteiger partial charge >= 0.3 is 5.97 Å². The first kappa shape index (κ1) is 36.7. The Hall–Kier alpha value is -1.76. The van der Waals surface area contributed by atoms with Crippen LogP contribution in [0.2, 0.25) is 51.4 Å². The Kier molecular flexibility index (Phi) is 13.5. The quantitative estimate of drug-likeness (QED) is 0.0738. The van der Waals surface area contributed by atoms with Crippen molar-refractivity contribution in [3.63, 3.8) is 0 Å². The zero-order valence-corrected chi connectivity index (χ0v) is 31.6. The van der Waals surface area contributed by atoms with Crippen LogP contribution in [-0.2, 0) is 25.4 Å². The maximum absolute atomic E-state index is 12.8. The summed E-state index contributed by atoms with van der Waals surface area (Å²) in [6, 6.07) is 4.45. The van der Waals surface area contributed by atoms with E-state index in [4.69, 9.17) is 24.3 Å². The minimum absolute atomic E-state index is 0.0377. The molecule has 3 rings (SSSR count). The van der Waals surface area contributed by atoms with E-state index in [1.54, 1.807) is 0 Å². The smallest absolute Gasteiger partial charge is 0.309 e. The molecule has 1 aliphatic carbocycles. The molecule has 0 aromatic carbocycles. The maximum atomic E-state index is 12.8. The first-order chi connectivity index (χ1) is 20.6. The van der Waals surface area contributed by atoms with E-state index in [0.29, 0.717) is 19.4 Å². The number of fused-ring (bicyclic) bond motifs is 1. The van der Waals surface area contributed by atoms with Gasteiger partial charge in [-0.1, -0.05) is 59.0 Å². The lowest BCUT2D eigenvalue weighted by atomic mass is 9.80. The molecule has 0 spiro atoms. The first-order valence-corrected chi connectivity index (χ1v) is 24.5. The number of unbranched alkanes of at least 4 members (excludes halogenated alkanes) is 2. The number of ether oxygens (including phenoxy) is 3. The number of aromatic nitrogens is 3. The molecule has 0 radical (unpaired) electrons. The highest BCUT2D eigenvalue weighted by atomic mass is 28.3. The minimum atomic E-state index is -1.21. The Labute approximate surface area is 269 Å². The molecule has 0 bridgehead atoms. The Balaban J connectivity index is 1.90. The van der Waals surface area contributed by atoms with E-state index in [1.807, 2.05) is 31.5 Å². The van der Waals surface area contributed by atoms with Crippen LogP contribution in [0.3, 0.4) is 0 Å². The summed E-state index contributed by atoms with van der Waals surface area (Å²) in [6.45, 7) is 24.8. The molecule has 0 saturated heterocycles. The van der Waals surface area contributed by atoms with E-state index in [2.05, 4.69) is 57.2 Å². The van der Waals surface area contributed by atoms with Gasteiger partial charge in [0.1, 0.15) is 24.9 Å². The lowest BCUT2D eigenvalue weighted by Gasteiger charge is -2.31. The largest absolute Gasteiger partial charge is 0.460 e. The molecule has 0 N–H and O–H groups in total. The molecule has 44 heavy (non-hydrogen) atoms. The molecule has 1 aliphatic rings. The van der Waals surface area contributed by atoms with Gasteiger partial charge in [-0.05, 0) is 71.4 Å². The Bertz CT molecular complexity index is 1150. The van der Waals surface area contributed by atoms with Crippen molar-refractivity contribution < 1.29 is 19.0 Å². The van der Waals surface area contributed by atoms with Gasteiger partial charge in [-0.15, -0.1) is 0 Å². The molecule has 2 aromatic heterocycles. The number of nitrogens with zero attached hydrogens (tertiary/aromatic N) is 4. The van der Waals surface area contributed by atoms with E-state index in [9.17, 15) is 4.79 Å². The van der Waals surface area contributed by atoms with E-state index in [1.165, 1.54) is 18.4 Å². The fourth-order valence-corrected chi connectivity index (χ4v) is 6.99. The van der Waals surface area contributed by atoms with Crippen LogP contribution < -0.4 is 4.90 Å². The summed E-state index contributed by atoms with van der Waals surface area (Å²) in [7, 11) is -2.41. The van der Waals surface area contributed by atoms with Crippen LogP contribution in [-0.4, -0.2) is 69.0 Å². The normalized spacial score (nSPS) is 18.1. The summed E-state index contributed by atoms with van der Waals surface area (Å²) in [5, 5.41) is 4.86. The Morgan fingerprint density at radius 3 is 2.07 bits per heavy atom. The summed E-state index contributed by atoms with van der Waals surface area (Å²) >= 11 is 0. The average molecular weight is 647 g/mol. The number of esters is 1. The molecular weight excluding hydrogens is 585 g/mol. The fraction of sp³-hybridized carbons (Fsp3) is 0.794. The highest BCUT2D eigenvalue weighted by Gasteiger charge is 2.32. The van der Waals surface area contributed by atoms with Crippen LogP contribution in [0.5, 0.6) is 0 Å². The van der Waals surface area contributed by atoms with Crippen LogP contribution in [0.25, 0.3) is 5.65 Å². The van der Waals surface area contributed by atoms with Crippen LogP contribution in [0.15, 0.2) is 12.3 Å². The standard InChI is InChI=1S/C34H62N4O4Si2/c1-11-12-13-14-29-24-35-38-31(37(25-40-19-21-43(5,6)7)26-41-20-22-44(8,9)10)23-30(36-32(29)38)27-15-17-28(18-16-27)33(39)42-34(2,3)4/h23-24,27-28H,11-22,25-26H2,1-10H3. The number of anilines is 1. The SMILES string of the molecule is CCCCCc1cnn2c(N(COCC[Si](C)(C)C)COCC[Si](C)(C)C)cc(C3CCC(C(=O)OC(C)(C)C)CC3)nc12. The van der Waals surface area contributed by atoms with Crippen LogP contribution in [0, 0.1) is 5.92 Å². The van der Waals surface area contributed by atoms with Crippen LogP contribution >= 0.6 is 0 Å². The summed E-state index contributed by atoms with van der Waals surface area (Å²) < 4.78 is 20.3. The minimum Gasteiger partial charge on any atom is -0.460 e. The monoisotopic (exact) mass is 646 g/mol. The van der Waals surface area contributed by atoms with Crippen molar-refractivity contribution in [3.8, 4) is 0 Å². The zero-order chi connectivity index (χ0) is 32.5. The van der Waals surface area contributed by atoms with Gasteiger partial charge in [0, 0.05) is 52.6 Å². The second-order valence-electron chi connectivity index (χ2n) is 16.2. The number of hydrogen-bond donors (Lipinski definition) is 0. The molecule has 250 valence electrons. The Morgan fingerprint density at radius 1 is 0.955 bits per heavy atom. The highest BCUT2D eigenvalue weighted by molar-refractivity contribution is 6.76. The Morgan fingerprint density at radius 2 is 1.55 bits per heavy atom. The zero-order valence-electron chi connectivity index (χ0n) is 29.6. The summed E-state index contributed by atoms with van der Waals surface area (Å²) in [4.78, 5) is 20.3. The predicted octanol–water partition coefficient (Wildman–Crippen LogP) is 8.51. The second kappa shape index (κ2) is 16.2. The van der Waals surface area contributed by atoms with Gasteiger partial charge in [-0.3, -0.25) is 4.79 Å². The second-order valence-corrected chi connectivity index (χ2v) is 27.5. The van der Waals surface area contributed by atoms with Crippen LogP contribution in [0.4, 0.5) is 5.82 Å². The van der Waals surface area contributed by atoms with Gasteiger partial charge in [-0.2, -0.15) is 9.61 Å². The molecule has 1 saturated carbocycles. The highest BCUT2D eigenvalue weighted by Crippen LogP contribution is 2.38. The van der Waals surface area contributed by atoms with Crippen molar-refractivity contribution in [1.29, 1.82) is 0 Å². The number of hydrogen-bond acceptors (Lipinski definition) is 7. The number of carbonyl (C=O) groups excluding carboxylic acids is 1. The third kappa shape index (κ3) is 12.2. The predicted molar refractivity (Wildman–Crippen MR) is 187 cm³/mol. The number of rotatable bonds is 17. The molecule has 0 unspecified atom stereocenters. The lowest BCUT2D eigenvalue weighted by molar-refractivity contribution is -0.161. The molecule has 0 atom stereocenters. The van der Waals surface area contributed by atoms with Gasteiger partial charge in [0.2, 0.25) is 0 Å². The maximum Gasteiger partial charge on any atom is 0.309 e. The van der Waals surface area contributed by atoms with Gasteiger partial charge in [-0.25, -0.2) is 4.98 Å². The molecule has 0 amide bonds. The molecule has 1 fully saturated rings. The van der Waals surface area contributed by atoms with Crippen LogP contribution in [0.1, 0.15) is 89.8 Å². The summed E-state index contributed by atoms with van der Waals surface area (Å²) in [5.74, 6) is 1.16. The molecule has 2 aromatic rings. The lowest BCUT2D eigenvalue weighted by Crippen LogP contribution is -2.33. The third-order valence-corrected chi connectivity index (χ3v) is 11.7. The van der Waals surface area contributed by atoms with E-state index >= 15 is 0 Å². The van der Waals surface area contributed by atoms with E-state index < -0.39 is 21.7 Å². The van der Waals surface area contributed by atoms with Gasteiger partial charge in [0.25, 0.3) is 0 Å². The van der Waals surface area contributed by atoms with Crippen molar-refractivity contribution in [2.24, 2.45) is 5.92 Å². The molecule has 10 heteroatoms. The number of aryl methyl sites for hydroxylation is 1. The van der Waals surface area contributed by atoms with E-state index in [-0.39, 0.29) is 11.9 Å². The third-order valence-electron chi connectivity index (χ3n) is 8.29. The van der Waals surface area contributed by atoms with Gasteiger partial charge < -0.3 is 19.1 Å². The molecule has 0 aliphatic heterocycles. The van der Waals surface area contributed by atoms with Gasteiger partial charge in [0.05, 0.1) is 12.1 Å². The van der Waals surface area contributed by atoms with Crippen molar-refractivity contribution in [3.05, 3.63) is 23.5 Å². The first-order valence-electron chi connectivity index (χ1n) is 17.1. The average Bonchev–Trinajstić information content (AvgIpc) is 3.33. The van der Waals surface area contributed by atoms with Gasteiger partial charge in [0.15, 0.2) is 5.65 Å². The molecular formula is C34H62N4O4Si2. The van der Waals surface area contributed by atoms with E-state index in [0.717, 1.165) is 81.0 Å². The summed E-state index contributed by atoms with van der Waals surface area (Å²) in [6.07, 6.45) is 9.97. The van der Waals surface area contributed by atoms with Crippen molar-refractivity contribution in [1.82, 2.24) is 14.6 Å². The van der Waals surface area contributed by atoms with Crippen molar-refractivity contribution in [2.75, 3.05) is 31.6 Å².